The summed E-state index contributed by atoms with van der Waals surface area (Å²) in [5.41, 5.74) is -2.41. The quantitative estimate of drug-likeness (QED) is 0.682. The van der Waals surface area contributed by atoms with Crippen molar-refractivity contribution in [2.75, 3.05) is 0 Å². The molecule has 4 fully saturated rings. The van der Waals surface area contributed by atoms with Gasteiger partial charge >= 0.3 is 6.09 Å². The molecule has 5 rings (SSSR count). The Labute approximate surface area is 176 Å². The van der Waals surface area contributed by atoms with E-state index >= 15 is 0 Å². The largest absolute Gasteiger partial charge is 0.444 e. The fourth-order valence-electron chi connectivity index (χ4n) is 5.99. The first kappa shape index (κ1) is 20.0. The van der Waals surface area contributed by atoms with E-state index in [4.69, 9.17) is 16.3 Å². The molecule has 0 unspecified atom stereocenters. The summed E-state index contributed by atoms with van der Waals surface area (Å²) in [6.45, 7) is 0. The third-order valence-corrected chi connectivity index (χ3v) is 7.81. The minimum absolute atomic E-state index is 0.158. The van der Waals surface area contributed by atoms with E-state index in [1.807, 2.05) is 0 Å². The van der Waals surface area contributed by atoms with E-state index in [0.29, 0.717) is 38.5 Å². The first-order valence-corrected chi connectivity index (χ1v) is 10.7. The molecule has 3 saturated carbocycles. The Morgan fingerprint density at radius 2 is 1.97 bits per heavy atom. The highest BCUT2D eigenvalue weighted by molar-refractivity contribution is 6.30. The molecule has 1 aliphatic heterocycles. The van der Waals surface area contributed by atoms with E-state index in [1.54, 1.807) is 0 Å². The highest BCUT2D eigenvalue weighted by Gasteiger charge is 2.60. The summed E-state index contributed by atoms with van der Waals surface area (Å²) in [7, 11) is 0. The number of alkyl halides is 1. The number of hydrogen-bond acceptors (Lipinski definition) is 3. The van der Waals surface area contributed by atoms with Crippen LogP contribution in [0.3, 0.4) is 0 Å². The van der Waals surface area contributed by atoms with Gasteiger partial charge in [-0.25, -0.2) is 18.0 Å². The third-order valence-electron chi connectivity index (χ3n) is 7.51. The number of ether oxygens (including phenoxy) is 1. The topological polar surface area (TPSA) is 67.4 Å². The van der Waals surface area contributed by atoms with Crippen molar-refractivity contribution in [1.29, 1.82) is 0 Å². The number of amides is 2. The molecule has 30 heavy (non-hydrogen) atoms. The molecule has 0 radical (unpaired) electrons. The summed E-state index contributed by atoms with van der Waals surface area (Å²) >= 11 is 5.92. The molecule has 0 spiro atoms. The number of carbonyl (C=O) groups is 2. The highest BCUT2D eigenvalue weighted by Crippen LogP contribution is 2.63. The van der Waals surface area contributed by atoms with Crippen LogP contribution in [0.4, 0.5) is 18.0 Å². The van der Waals surface area contributed by atoms with Gasteiger partial charge in [0.25, 0.3) is 0 Å². The molecule has 9 heteroatoms. The van der Waals surface area contributed by atoms with E-state index in [0.717, 1.165) is 12.1 Å². The van der Waals surface area contributed by atoms with Crippen LogP contribution < -0.4 is 10.6 Å². The van der Waals surface area contributed by atoms with Gasteiger partial charge in [-0.3, -0.25) is 4.79 Å². The maximum Gasteiger partial charge on any atom is 0.407 e. The number of carbonyl (C=O) groups excluding carboxylic acids is 2. The van der Waals surface area contributed by atoms with Gasteiger partial charge in [-0.05, 0) is 62.5 Å². The molecule has 5 nitrogen and oxygen atoms in total. The average molecular weight is 443 g/mol. The molecule has 2 N–H and O–H groups in total. The lowest BCUT2D eigenvalue weighted by molar-refractivity contribution is -0.127. The Hall–Kier alpha value is -1.96. The van der Waals surface area contributed by atoms with Crippen LogP contribution in [-0.2, 0) is 9.53 Å². The molecule has 4 aliphatic rings. The van der Waals surface area contributed by atoms with Gasteiger partial charge in [-0.1, -0.05) is 11.6 Å². The normalized spacial score (nSPS) is 37.6. The van der Waals surface area contributed by atoms with Crippen molar-refractivity contribution in [3.8, 4) is 0 Å². The summed E-state index contributed by atoms with van der Waals surface area (Å²) in [4.78, 5) is 24.4. The number of alkyl carbamates (subject to hydrolysis) is 1. The number of fused-ring (bicyclic) bond motifs is 3. The van der Waals surface area contributed by atoms with Crippen LogP contribution in [0.15, 0.2) is 12.1 Å². The maximum absolute atomic E-state index is 15.0. The van der Waals surface area contributed by atoms with Gasteiger partial charge in [-0.2, -0.15) is 0 Å². The summed E-state index contributed by atoms with van der Waals surface area (Å²) in [5, 5.41) is 5.28. The summed E-state index contributed by atoms with van der Waals surface area (Å²) in [5.74, 6) is -2.57. The molecule has 2 bridgehead atoms. The molecule has 1 aromatic carbocycles. The molecular weight excluding hydrogens is 421 g/mol. The Morgan fingerprint density at radius 1 is 1.23 bits per heavy atom. The fraction of sp³-hybridized carbons (Fsp3) is 0.619. The van der Waals surface area contributed by atoms with Crippen LogP contribution in [0, 0.1) is 23.0 Å². The Kier molecular flexibility index (Phi) is 4.51. The fourth-order valence-corrected chi connectivity index (χ4v) is 6.15. The minimum Gasteiger partial charge on any atom is -0.444 e. The van der Waals surface area contributed by atoms with Crippen molar-refractivity contribution in [3.05, 3.63) is 34.4 Å². The van der Waals surface area contributed by atoms with Gasteiger partial charge in [0.05, 0.1) is 17.1 Å². The molecule has 162 valence electrons. The number of rotatable bonds is 4. The van der Waals surface area contributed by atoms with Crippen molar-refractivity contribution in [3.63, 3.8) is 0 Å². The number of nitrogens with one attached hydrogen (secondary N) is 2. The second kappa shape index (κ2) is 6.77. The van der Waals surface area contributed by atoms with Crippen LogP contribution in [-0.4, -0.2) is 29.8 Å². The van der Waals surface area contributed by atoms with Gasteiger partial charge in [-0.15, -0.1) is 0 Å². The van der Waals surface area contributed by atoms with E-state index in [9.17, 15) is 22.8 Å². The average Bonchev–Trinajstić information content (AvgIpc) is 3.41. The molecule has 2 amide bonds. The lowest BCUT2D eigenvalue weighted by Gasteiger charge is -2.37. The van der Waals surface area contributed by atoms with Gasteiger partial charge < -0.3 is 15.4 Å². The highest BCUT2D eigenvalue weighted by atomic mass is 35.5. The van der Waals surface area contributed by atoms with Crippen LogP contribution >= 0.6 is 11.6 Å². The zero-order chi connectivity index (χ0) is 21.3. The standard InChI is InChI=1S/C21H22ClF3N2O3/c22-11-1-2-12(23)15(16(11)24)17(20-3-5-21(25,9-20)6-4-20)27-18(28)10-7-13-14(8-10)30-19(29)26-13/h1-2,10,13-14,17H,3-9H2,(H,26,29)(H,27,28)/t10-,13+,14-,17-,20?,21?/m1/s1. The van der Waals surface area contributed by atoms with Crippen LogP contribution in [0.1, 0.15) is 56.6 Å². The zero-order valence-corrected chi connectivity index (χ0v) is 16.9. The predicted molar refractivity (Wildman–Crippen MR) is 102 cm³/mol. The molecule has 1 heterocycles. The molecule has 1 saturated heterocycles. The van der Waals surface area contributed by atoms with Crippen molar-refractivity contribution in [1.82, 2.24) is 10.6 Å². The molecule has 4 atom stereocenters. The van der Waals surface area contributed by atoms with Crippen LogP contribution in [0.25, 0.3) is 0 Å². The predicted octanol–water partition coefficient (Wildman–Crippen LogP) is 4.33. The smallest absolute Gasteiger partial charge is 0.407 e. The van der Waals surface area contributed by atoms with Crippen LogP contribution in [0.5, 0.6) is 0 Å². The summed E-state index contributed by atoms with van der Waals surface area (Å²) in [6.07, 6.45) is 1.50. The van der Waals surface area contributed by atoms with Crippen molar-refractivity contribution in [2.24, 2.45) is 11.3 Å². The second-order valence-corrected chi connectivity index (χ2v) is 9.66. The maximum atomic E-state index is 15.0. The molecule has 3 aliphatic carbocycles. The van der Waals surface area contributed by atoms with Gasteiger partial charge in [0.2, 0.25) is 5.91 Å². The lowest BCUT2D eigenvalue weighted by Crippen LogP contribution is -2.42. The van der Waals surface area contributed by atoms with Gasteiger partial charge in [0.15, 0.2) is 0 Å². The van der Waals surface area contributed by atoms with E-state index < -0.39 is 40.8 Å². The van der Waals surface area contributed by atoms with Crippen molar-refractivity contribution in [2.45, 2.75) is 68.8 Å². The first-order chi connectivity index (χ1) is 14.2. The Balaban J connectivity index is 1.45. The minimum atomic E-state index is -1.35. The first-order valence-electron chi connectivity index (χ1n) is 10.3. The van der Waals surface area contributed by atoms with Crippen molar-refractivity contribution < 1.29 is 27.5 Å². The van der Waals surface area contributed by atoms with E-state index in [-0.39, 0.29) is 35.1 Å². The number of hydrogen-bond donors (Lipinski definition) is 2. The number of benzene rings is 1. The van der Waals surface area contributed by atoms with E-state index in [1.165, 1.54) is 0 Å². The number of halogens is 4. The second-order valence-electron chi connectivity index (χ2n) is 9.25. The zero-order valence-electron chi connectivity index (χ0n) is 16.2. The monoisotopic (exact) mass is 442 g/mol. The lowest BCUT2D eigenvalue weighted by atomic mass is 9.74. The Morgan fingerprint density at radius 3 is 2.60 bits per heavy atom. The molecular formula is C21H22ClF3N2O3. The SMILES string of the molecule is O=C1N[C@H]2C[C@@H](C(=O)N[C@H](c3c(F)ccc(Cl)c3F)C34CCC(F)(CC3)C4)C[C@H]2O1. The summed E-state index contributed by atoms with van der Waals surface area (Å²) in [6, 6.07) is 0.945. The van der Waals surface area contributed by atoms with Gasteiger partial charge in [0.1, 0.15) is 23.4 Å². The summed E-state index contributed by atoms with van der Waals surface area (Å²) < 4.78 is 49.8. The van der Waals surface area contributed by atoms with Crippen molar-refractivity contribution >= 4 is 23.6 Å². The molecule has 1 aromatic rings. The Bertz CT molecular complexity index is 903. The van der Waals surface area contributed by atoms with Crippen LogP contribution in [0.2, 0.25) is 5.02 Å². The molecule has 0 aromatic heterocycles. The van der Waals surface area contributed by atoms with E-state index in [2.05, 4.69) is 10.6 Å². The van der Waals surface area contributed by atoms with Gasteiger partial charge in [0, 0.05) is 11.5 Å². The third kappa shape index (κ3) is 3.06.